The summed E-state index contributed by atoms with van der Waals surface area (Å²) in [6.45, 7) is 1.90. The third-order valence-corrected chi connectivity index (χ3v) is 1.32. The summed E-state index contributed by atoms with van der Waals surface area (Å²) in [6, 6.07) is 0. The highest BCUT2D eigenvalue weighted by molar-refractivity contribution is 7.81. The average molecular weight is 178 g/mol. The van der Waals surface area contributed by atoms with Crippen LogP contribution in [0.2, 0.25) is 0 Å². The smallest absolute Gasteiger partial charge is 0.319 e. The Hall–Kier alpha value is -0.710. The second kappa shape index (κ2) is 5.01. The van der Waals surface area contributed by atoms with Crippen LogP contribution in [0.4, 0.5) is 0 Å². The molecule has 0 fully saturated rings. The lowest BCUT2D eigenvalue weighted by Gasteiger charge is -2.05. The van der Waals surface area contributed by atoms with Crippen LogP contribution in [-0.2, 0) is 14.3 Å². The van der Waals surface area contributed by atoms with Crippen molar-refractivity contribution in [3.05, 3.63) is 0 Å². The van der Waals surface area contributed by atoms with Gasteiger partial charge in [-0.1, -0.05) is 0 Å². The van der Waals surface area contributed by atoms with Crippen molar-refractivity contribution in [1.29, 1.82) is 0 Å². The van der Waals surface area contributed by atoms with Gasteiger partial charge in [-0.05, 0) is 6.92 Å². The van der Waals surface area contributed by atoms with E-state index < -0.39 is 17.2 Å². The van der Waals surface area contributed by atoms with Crippen LogP contribution in [0.25, 0.3) is 0 Å². The van der Waals surface area contributed by atoms with Crippen molar-refractivity contribution in [2.24, 2.45) is 0 Å². The van der Waals surface area contributed by atoms with Gasteiger partial charge >= 0.3 is 11.9 Å². The highest BCUT2D eigenvalue weighted by atomic mass is 32.1. The molecule has 1 atom stereocenters. The molecule has 0 amide bonds. The Labute approximate surface area is 69.9 Å². The summed E-state index contributed by atoms with van der Waals surface area (Å²) in [6.07, 6.45) is -0.304. The number of carbonyl (C=O) groups excluding carboxylic acids is 1. The van der Waals surface area contributed by atoms with E-state index in [1.807, 2.05) is 0 Å². The van der Waals surface area contributed by atoms with Gasteiger partial charge in [-0.2, -0.15) is 12.6 Å². The van der Waals surface area contributed by atoms with Gasteiger partial charge in [-0.25, -0.2) is 0 Å². The molecule has 64 valence electrons. The molecule has 0 saturated carbocycles. The van der Waals surface area contributed by atoms with Crippen molar-refractivity contribution in [2.45, 2.75) is 18.6 Å². The molecule has 0 radical (unpaired) electrons. The van der Waals surface area contributed by atoms with Gasteiger partial charge in [-0.3, -0.25) is 9.59 Å². The van der Waals surface area contributed by atoms with Crippen LogP contribution in [0.15, 0.2) is 0 Å². The van der Waals surface area contributed by atoms with Crippen molar-refractivity contribution >= 4 is 24.6 Å². The Bertz CT molecular complexity index is 157. The third-order valence-electron chi connectivity index (χ3n) is 0.927. The van der Waals surface area contributed by atoms with Crippen LogP contribution in [0.3, 0.4) is 0 Å². The van der Waals surface area contributed by atoms with E-state index in [-0.39, 0.29) is 13.0 Å². The monoisotopic (exact) mass is 178 g/mol. The maximum absolute atomic E-state index is 10.7. The molecule has 0 spiro atoms. The molecule has 4 nitrogen and oxygen atoms in total. The molecule has 1 unspecified atom stereocenters. The van der Waals surface area contributed by atoms with E-state index in [0.29, 0.717) is 0 Å². The Morgan fingerprint density at radius 2 is 2.18 bits per heavy atom. The number of hydrogen-bond acceptors (Lipinski definition) is 4. The van der Waals surface area contributed by atoms with E-state index >= 15 is 0 Å². The zero-order valence-corrected chi connectivity index (χ0v) is 7.01. The summed E-state index contributed by atoms with van der Waals surface area (Å²) in [5, 5.41) is 7.39. The van der Waals surface area contributed by atoms with Gasteiger partial charge in [-0.15, -0.1) is 0 Å². The number of hydrogen-bond donors (Lipinski definition) is 2. The molecule has 0 aromatic carbocycles. The van der Waals surface area contributed by atoms with Crippen LogP contribution in [0, 0.1) is 0 Å². The predicted molar refractivity (Wildman–Crippen MR) is 41.7 cm³/mol. The molecular weight excluding hydrogens is 168 g/mol. The van der Waals surface area contributed by atoms with Crippen molar-refractivity contribution in [3.63, 3.8) is 0 Å². The van der Waals surface area contributed by atoms with Crippen molar-refractivity contribution in [1.82, 2.24) is 0 Å². The molecule has 0 aromatic rings. The number of ether oxygens (including phenoxy) is 1. The average Bonchev–Trinajstić information content (AvgIpc) is 1.86. The Morgan fingerprint density at radius 1 is 1.64 bits per heavy atom. The molecule has 0 aliphatic rings. The summed E-state index contributed by atoms with van der Waals surface area (Å²) in [5.41, 5.74) is 0. The van der Waals surface area contributed by atoms with Gasteiger partial charge in [0.05, 0.1) is 13.0 Å². The summed E-state index contributed by atoms with van der Waals surface area (Å²) >= 11 is 3.74. The number of thiol groups is 1. The molecule has 5 heteroatoms. The predicted octanol–water partition coefficient (Wildman–Crippen LogP) is 0.323. The lowest BCUT2D eigenvalue weighted by Crippen LogP contribution is -2.21. The van der Waals surface area contributed by atoms with E-state index in [4.69, 9.17) is 5.11 Å². The van der Waals surface area contributed by atoms with Crippen molar-refractivity contribution < 1.29 is 19.4 Å². The van der Waals surface area contributed by atoms with Gasteiger partial charge in [0.2, 0.25) is 0 Å². The molecule has 0 heterocycles. The maximum atomic E-state index is 10.7. The van der Waals surface area contributed by atoms with Crippen LogP contribution in [-0.4, -0.2) is 28.9 Å². The third kappa shape index (κ3) is 4.66. The quantitative estimate of drug-likeness (QED) is 0.481. The SMILES string of the molecule is CCOC(=O)C(S)CC(=O)O. The van der Waals surface area contributed by atoms with Gasteiger partial charge in [0.25, 0.3) is 0 Å². The van der Waals surface area contributed by atoms with E-state index in [1.165, 1.54) is 0 Å². The minimum Gasteiger partial charge on any atom is -0.481 e. The summed E-state index contributed by atoms with van der Waals surface area (Å²) in [7, 11) is 0. The summed E-state index contributed by atoms with van der Waals surface area (Å²) in [4.78, 5) is 20.8. The first kappa shape index (κ1) is 10.3. The summed E-state index contributed by atoms with van der Waals surface area (Å²) < 4.78 is 4.53. The summed E-state index contributed by atoms with van der Waals surface area (Å²) in [5.74, 6) is -1.64. The maximum Gasteiger partial charge on any atom is 0.319 e. The number of rotatable bonds is 4. The zero-order chi connectivity index (χ0) is 8.85. The molecular formula is C6H10O4S. The first-order valence-electron chi connectivity index (χ1n) is 3.14. The van der Waals surface area contributed by atoms with Gasteiger partial charge in [0, 0.05) is 0 Å². The first-order valence-corrected chi connectivity index (χ1v) is 3.66. The number of carbonyl (C=O) groups is 2. The van der Waals surface area contributed by atoms with Gasteiger partial charge < -0.3 is 9.84 Å². The van der Waals surface area contributed by atoms with E-state index in [9.17, 15) is 9.59 Å². The minimum atomic E-state index is -1.06. The highest BCUT2D eigenvalue weighted by Crippen LogP contribution is 2.03. The van der Waals surface area contributed by atoms with Crippen molar-refractivity contribution in [2.75, 3.05) is 6.61 Å². The molecule has 0 aromatic heterocycles. The Morgan fingerprint density at radius 3 is 2.55 bits per heavy atom. The fraction of sp³-hybridized carbons (Fsp3) is 0.667. The fourth-order valence-corrected chi connectivity index (χ4v) is 0.718. The number of aliphatic carboxylic acids is 1. The second-order valence-corrected chi connectivity index (χ2v) is 2.49. The molecule has 0 saturated heterocycles. The fourth-order valence-electron chi connectivity index (χ4n) is 0.487. The lowest BCUT2D eigenvalue weighted by atomic mass is 10.3. The molecule has 0 aliphatic carbocycles. The van der Waals surface area contributed by atoms with E-state index in [0.717, 1.165) is 0 Å². The molecule has 0 aliphatic heterocycles. The topological polar surface area (TPSA) is 63.6 Å². The van der Waals surface area contributed by atoms with Crippen LogP contribution in [0.1, 0.15) is 13.3 Å². The largest absolute Gasteiger partial charge is 0.481 e. The lowest BCUT2D eigenvalue weighted by molar-refractivity contribution is -0.146. The second-order valence-electron chi connectivity index (χ2n) is 1.87. The molecule has 11 heavy (non-hydrogen) atoms. The van der Waals surface area contributed by atoms with E-state index in [2.05, 4.69) is 17.4 Å². The first-order chi connectivity index (χ1) is 5.07. The molecule has 1 N–H and O–H groups in total. The van der Waals surface area contributed by atoms with Crippen LogP contribution >= 0.6 is 12.6 Å². The Balaban J connectivity index is 3.73. The van der Waals surface area contributed by atoms with E-state index in [1.54, 1.807) is 6.92 Å². The normalized spacial score (nSPS) is 12.2. The van der Waals surface area contributed by atoms with Gasteiger partial charge in [0.15, 0.2) is 0 Å². The molecule has 0 bridgehead atoms. The zero-order valence-electron chi connectivity index (χ0n) is 6.11. The number of esters is 1. The molecule has 0 rings (SSSR count). The minimum absolute atomic E-state index is 0.246. The number of carboxylic acid groups (broad SMARTS) is 1. The standard InChI is InChI=1S/C6H10O4S/c1-2-10-6(9)4(11)3-5(7)8/h4,11H,2-3H2,1H3,(H,7,8). The van der Waals surface area contributed by atoms with Gasteiger partial charge in [0.1, 0.15) is 5.25 Å². The van der Waals surface area contributed by atoms with Crippen LogP contribution < -0.4 is 0 Å². The van der Waals surface area contributed by atoms with Crippen molar-refractivity contribution in [3.8, 4) is 0 Å². The Kier molecular flexibility index (Phi) is 4.69. The number of carboxylic acids is 1. The van der Waals surface area contributed by atoms with Crippen LogP contribution in [0.5, 0.6) is 0 Å². The highest BCUT2D eigenvalue weighted by Gasteiger charge is 2.17.